The summed E-state index contributed by atoms with van der Waals surface area (Å²) in [5.74, 6) is -0.107. The number of aromatic nitrogens is 2. The van der Waals surface area contributed by atoms with Crippen LogP contribution in [0, 0.1) is 17.0 Å². The smallest absolute Gasteiger partial charge is 0.353 e. The van der Waals surface area contributed by atoms with E-state index in [1.807, 2.05) is 31.2 Å². The topological polar surface area (TPSA) is 119 Å². The second-order valence-electron chi connectivity index (χ2n) is 5.51. The van der Waals surface area contributed by atoms with E-state index >= 15 is 0 Å². The van der Waals surface area contributed by atoms with E-state index in [1.165, 1.54) is 0 Å². The van der Waals surface area contributed by atoms with Crippen molar-refractivity contribution in [1.29, 1.82) is 0 Å². The first-order chi connectivity index (χ1) is 12.4. The Kier molecular flexibility index (Phi) is 4.85. The van der Waals surface area contributed by atoms with Crippen molar-refractivity contribution in [2.75, 3.05) is 16.4 Å². The molecule has 3 aromatic rings. The lowest BCUT2D eigenvalue weighted by Gasteiger charge is -2.11. The number of nitro groups is 1. The average molecular weight is 371 g/mol. The van der Waals surface area contributed by atoms with Gasteiger partial charge in [-0.3, -0.25) is 10.1 Å². The molecule has 3 rings (SSSR count). The first-order valence-corrected chi connectivity index (χ1v) is 7.98. The second kappa shape index (κ2) is 7.24. The summed E-state index contributed by atoms with van der Waals surface area (Å²) in [5, 5.41) is 17.8. The van der Waals surface area contributed by atoms with E-state index in [0.29, 0.717) is 10.7 Å². The molecule has 0 amide bonds. The third-order valence-corrected chi connectivity index (χ3v) is 3.76. The van der Waals surface area contributed by atoms with E-state index in [1.54, 1.807) is 24.3 Å². The maximum atomic E-state index is 11.4. The van der Waals surface area contributed by atoms with Crippen LogP contribution in [-0.4, -0.2) is 14.9 Å². The van der Waals surface area contributed by atoms with Crippen molar-refractivity contribution >= 4 is 46.2 Å². The molecule has 2 aromatic carbocycles. The monoisotopic (exact) mass is 370 g/mol. The van der Waals surface area contributed by atoms with E-state index in [2.05, 4.69) is 20.6 Å². The molecule has 0 spiro atoms. The molecule has 0 saturated heterocycles. The minimum absolute atomic E-state index is 0.0144. The zero-order valence-electron chi connectivity index (χ0n) is 13.7. The van der Waals surface area contributed by atoms with Gasteiger partial charge in [-0.25, -0.2) is 0 Å². The van der Waals surface area contributed by atoms with Crippen LogP contribution in [0.25, 0.3) is 0 Å². The van der Waals surface area contributed by atoms with Crippen molar-refractivity contribution in [1.82, 2.24) is 9.97 Å². The Labute approximate surface area is 154 Å². The van der Waals surface area contributed by atoms with Crippen molar-refractivity contribution in [3.05, 3.63) is 69.2 Å². The molecule has 1 heterocycles. The third-order valence-electron chi connectivity index (χ3n) is 3.51. The summed E-state index contributed by atoms with van der Waals surface area (Å²) >= 11 is 5.86. The van der Waals surface area contributed by atoms with E-state index in [9.17, 15) is 10.1 Å². The fraction of sp³-hybridized carbons (Fsp3) is 0.0588. The molecule has 8 nitrogen and oxygen atoms in total. The Morgan fingerprint density at radius 1 is 1.00 bits per heavy atom. The van der Waals surface area contributed by atoms with Crippen LogP contribution in [-0.2, 0) is 0 Å². The van der Waals surface area contributed by atoms with Gasteiger partial charge in [0.15, 0.2) is 0 Å². The van der Waals surface area contributed by atoms with Gasteiger partial charge in [-0.2, -0.15) is 9.97 Å². The van der Waals surface area contributed by atoms with Crippen LogP contribution in [0.4, 0.5) is 34.6 Å². The van der Waals surface area contributed by atoms with E-state index < -0.39 is 10.6 Å². The van der Waals surface area contributed by atoms with Gasteiger partial charge in [-0.05, 0) is 43.3 Å². The highest BCUT2D eigenvalue weighted by Crippen LogP contribution is 2.32. The fourth-order valence-electron chi connectivity index (χ4n) is 2.23. The highest BCUT2D eigenvalue weighted by Gasteiger charge is 2.23. The number of aryl methyl sites for hydroxylation is 1. The molecule has 0 aliphatic heterocycles. The standard InChI is InChI=1S/C17H15ClN6O2/c1-10-2-6-13(7-3-10)21-17-22-15(19)14(24(25)26)16(23-17)20-12-8-4-11(18)5-9-12/h2-9H,1H3,(H4,19,20,21,22,23). The van der Waals surface area contributed by atoms with Gasteiger partial charge >= 0.3 is 5.69 Å². The molecule has 0 radical (unpaired) electrons. The van der Waals surface area contributed by atoms with Crippen LogP contribution >= 0.6 is 11.6 Å². The van der Waals surface area contributed by atoms with Gasteiger partial charge in [0.2, 0.25) is 17.6 Å². The van der Waals surface area contributed by atoms with Crippen LogP contribution in [0.5, 0.6) is 0 Å². The Morgan fingerprint density at radius 2 is 1.58 bits per heavy atom. The predicted octanol–water partition coefficient (Wildman–Crippen LogP) is 4.42. The maximum Gasteiger partial charge on any atom is 0.353 e. The van der Waals surface area contributed by atoms with Gasteiger partial charge in [-0.15, -0.1) is 0 Å². The first-order valence-electron chi connectivity index (χ1n) is 7.60. The highest BCUT2D eigenvalue weighted by atomic mass is 35.5. The number of nitrogens with two attached hydrogens (primary N) is 1. The van der Waals surface area contributed by atoms with Gasteiger partial charge in [0.1, 0.15) is 0 Å². The minimum Gasteiger partial charge on any atom is -0.378 e. The van der Waals surface area contributed by atoms with Crippen molar-refractivity contribution in [2.45, 2.75) is 6.92 Å². The lowest BCUT2D eigenvalue weighted by atomic mass is 10.2. The Hall–Kier alpha value is -3.39. The molecular weight excluding hydrogens is 356 g/mol. The molecule has 0 saturated carbocycles. The van der Waals surface area contributed by atoms with E-state index in [4.69, 9.17) is 17.3 Å². The van der Waals surface area contributed by atoms with Crippen LogP contribution in [0.1, 0.15) is 5.56 Å². The maximum absolute atomic E-state index is 11.4. The Balaban J connectivity index is 1.97. The lowest BCUT2D eigenvalue weighted by Crippen LogP contribution is -2.08. The summed E-state index contributed by atoms with van der Waals surface area (Å²) in [6.07, 6.45) is 0. The lowest BCUT2D eigenvalue weighted by molar-refractivity contribution is -0.383. The molecular formula is C17H15ClN6O2. The van der Waals surface area contributed by atoms with Crippen molar-refractivity contribution < 1.29 is 4.92 Å². The van der Waals surface area contributed by atoms with Crippen LogP contribution in [0.3, 0.4) is 0 Å². The molecule has 0 unspecified atom stereocenters. The number of benzene rings is 2. The molecule has 26 heavy (non-hydrogen) atoms. The van der Waals surface area contributed by atoms with Crippen molar-refractivity contribution in [2.24, 2.45) is 0 Å². The first kappa shape index (κ1) is 17.4. The molecule has 0 aliphatic carbocycles. The average Bonchev–Trinajstić information content (AvgIpc) is 2.58. The summed E-state index contributed by atoms with van der Waals surface area (Å²) in [6.45, 7) is 1.97. The predicted molar refractivity (Wildman–Crippen MR) is 102 cm³/mol. The van der Waals surface area contributed by atoms with Crippen molar-refractivity contribution in [3.63, 3.8) is 0 Å². The summed E-state index contributed by atoms with van der Waals surface area (Å²) in [6, 6.07) is 14.2. The van der Waals surface area contributed by atoms with E-state index in [0.717, 1.165) is 11.3 Å². The molecule has 1 aromatic heterocycles. The van der Waals surface area contributed by atoms with E-state index in [-0.39, 0.29) is 17.6 Å². The quantitative estimate of drug-likeness (QED) is 0.449. The molecule has 4 N–H and O–H groups in total. The number of hydrogen-bond donors (Lipinski definition) is 3. The molecule has 9 heteroatoms. The second-order valence-corrected chi connectivity index (χ2v) is 5.95. The Morgan fingerprint density at radius 3 is 2.19 bits per heavy atom. The largest absolute Gasteiger partial charge is 0.378 e. The van der Waals surface area contributed by atoms with Crippen LogP contribution < -0.4 is 16.4 Å². The molecule has 132 valence electrons. The molecule has 0 bridgehead atoms. The zero-order chi connectivity index (χ0) is 18.7. The molecule has 0 aliphatic rings. The number of nitrogens with zero attached hydrogens (tertiary/aromatic N) is 3. The van der Waals surface area contributed by atoms with Crippen LogP contribution in [0.15, 0.2) is 48.5 Å². The summed E-state index contributed by atoms with van der Waals surface area (Å²) in [5.41, 5.74) is 7.81. The molecule has 0 atom stereocenters. The van der Waals surface area contributed by atoms with Crippen molar-refractivity contribution in [3.8, 4) is 0 Å². The summed E-state index contributed by atoms with van der Waals surface area (Å²) in [7, 11) is 0. The van der Waals surface area contributed by atoms with Gasteiger partial charge in [0.25, 0.3) is 0 Å². The Bertz CT molecular complexity index is 945. The summed E-state index contributed by atoms with van der Waals surface area (Å²) in [4.78, 5) is 18.9. The number of halogens is 1. The highest BCUT2D eigenvalue weighted by molar-refractivity contribution is 6.30. The van der Waals surface area contributed by atoms with Gasteiger partial charge in [0, 0.05) is 16.4 Å². The third kappa shape index (κ3) is 3.98. The summed E-state index contributed by atoms with van der Waals surface area (Å²) < 4.78 is 0. The fourth-order valence-corrected chi connectivity index (χ4v) is 2.36. The zero-order valence-corrected chi connectivity index (χ0v) is 14.5. The number of rotatable bonds is 5. The number of nitrogen functional groups attached to an aromatic ring is 1. The number of nitrogens with one attached hydrogen (secondary N) is 2. The van der Waals surface area contributed by atoms with Crippen LogP contribution in [0.2, 0.25) is 5.02 Å². The normalized spacial score (nSPS) is 10.4. The number of hydrogen-bond acceptors (Lipinski definition) is 7. The van der Waals surface area contributed by atoms with Gasteiger partial charge in [0.05, 0.1) is 4.92 Å². The number of anilines is 5. The van der Waals surface area contributed by atoms with Gasteiger partial charge in [-0.1, -0.05) is 29.3 Å². The SMILES string of the molecule is Cc1ccc(Nc2nc(N)c([N+](=O)[O-])c(Nc3ccc(Cl)cc3)n2)cc1. The molecule has 0 fully saturated rings. The van der Waals surface area contributed by atoms with Gasteiger partial charge < -0.3 is 16.4 Å². The minimum atomic E-state index is -0.622.